The molecule has 120 valence electrons. The van der Waals surface area contributed by atoms with Crippen molar-refractivity contribution in [1.82, 2.24) is 9.88 Å². The van der Waals surface area contributed by atoms with Gasteiger partial charge in [0.05, 0.1) is 20.3 Å². The Morgan fingerprint density at radius 2 is 2.17 bits per heavy atom. The first-order valence-corrected chi connectivity index (χ1v) is 7.73. The van der Waals surface area contributed by atoms with Crippen LogP contribution in [0, 0.1) is 0 Å². The summed E-state index contributed by atoms with van der Waals surface area (Å²) in [6, 6.07) is 11.0. The topological polar surface area (TPSA) is 51.7 Å². The van der Waals surface area contributed by atoms with Crippen molar-refractivity contribution in [1.29, 1.82) is 0 Å². The quantitative estimate of drug-likeness (QED) is 0.867. The molecule has 3 rings (SSSR count). The largest absolute Gasteiger partial charge is 0.480 e. The molecule has 1 aromatic carbocycles. The van der Waals surface area contributed by atoms with Gasteiger partial charge in [-0.2, -0.15) is 0 Å². The predicted molar refractivity (Wildman–Crippen MR) is 86.8 cm³/mol. The normalized spacial score (nSPS) is 17.8. The number of aromatic nitrogens is 1. The van der Waals surface area contributed by atoms with Crippen LogP contribution in [0.1, 0.15) is 22.0 Å². The van der Waals surface area contributed by atoms with E-state index < -0.39 is 0 Å². The van der Waals surface area contributed by atoms with E-state index in [9.17, 15) is 4.79 Å². The van der Waals surface area contributed by atoms with Crippen LogP contribution < -0.4 is 4.74 Å². The third-order valence-corrected chi connectivity index (χ3v) is 4.14. The summed E-state index contributed by atoms with van der Waals surface area (Å²) in [4.78, 5) is 18.6. The van der Waals surface area contributed by atoms with E-state index in [1.54, 1.807) is 23.2 Å². The van der Waals surface area contributed by atoms with Gasteiger partial charge in [0.1, 0.15) is 11.7 Å². The Hall–Kier alpha value is -2.11. The van der Waals surface area contributed by atoms with Crippen molar-refractivity contribution in [3.8, 4) is 5.88 Å². The Bertz CT molecular complexity index is 708. The van der Waals surface area contributed by atoms with Crippen molar-refractivity contribution in [3.63, 3.8) is 0 Å². The highest BCUT2D eigenvalue weighted by molar-refractivity contribution is 6.31. The van der Waals surface area contributed by atoms with Crippen LogP contribution in [-0.2, 0) is 4.74 Å². The molecule has 0 saturated carbocycles. The first-order chi connectivity index (χ1) is 11.2. The van der Waals surface area contributed by atoms with Gasteiger partial charge in [-0.05, 0) is 18.2 Å². The molecule has 1 saturated heterocycles. The average Bonchev–Trinajstić information content (AvgIpc) is 2.61. The molecule has 1 aliphatic rings. The second kappa shape index (κ2) is 6.98. The van der Waals surface area contributed by atoms with Crippen LogP contribution in [-0.4, -0.2) is 42.6 Å². The summed E-state index contributed by atoms with van der Waals surface area (Å²) >= 11 is 6.24. The van der Waals surface area contributed by atoms with Crippen molar-refractivity contribution in [2.75, 3.05) is 26.8 Å². The summed E-state index contributed by atoms with van der Waals surface area (Å²) in [5.74, 6) is 0.216. The van der Waals surface area contributed by atoms with Gasteiger partial charge in [0, 0.05) is 23.3 Å². The number of ether oxygens (including phenoxy) is 2. The third-order valence-electron chi connectivity index (χ3n) is 3.80. The van der Waals surface area contributed by atoms with E-state index >= 15 is 0 Å². The fourth-order valence-corrected chi connectivity index (χ4v) is 2.90. The molecule has 0 N–H and O–H groups in total. The van der Waals surface area contributed by atoms with E-state index in [1.807, 2.05) is 24.3 Å². The van der Waals surface area contributed by atoms with Crippen LogP contribution in [0.15, 0.2) is 42.6 Å². The zero-order chi connectivity index (χ0) is 16.2. The smallest absolute Gasteiger partial charge is 0.259 e. The first kappa shape index (κ1) is 15.8. The molecule has 2 aromatic rings. The molecule has 0 bridgehead atoms. The van der Waals surface area contributed by atoms with Gasteiger partial charge in [-0.3, -0.25) is 4.79 Å². The molecule has 1 fully saturated rings. The lowest BCUT2D eigenvalue weighted by Gasteiger charge is -2.33. The maximum atomic E-state index is 12.8. The number of hydrogen-bond acceptors (Lipinski definition) is 4. The molecule has 0 radical (unpaired) electrons. The van der Waals surface area contributed by atoms with Gasteiger partial charge in [0.2, 0.25) is 5.88 Å². The molecule has 5 nitrogen and oxygen atoms in total. The fraction of sp³-hybridized carbons (Fsp3) is 0.294. The van der Waals surface area contributed by atoms with Gasteiger partial charge in [0.15, 0.2) is 0 Å². The minimum Gasteiger partial charge on any atom is -0.480 e. The summed E-state index contributed by atoms with van der Waals surface area (Å²) in [6.07, 6.45) is 1.37. The van der Waals surface area contributed by atoms with Gasteiger partial charge in [-0.25, -0.2) is 4.98 Å². The molecule has 23 heavy (non-hydrogen) atoms. The Morgan fingerprint density at radius 1 is 1.35 bits per heavy atom. The molecular formula is C17H17ClN2O3. The summed E-state index contributed by atoms with van der Waals surface area (Å²) < 4.78 is 11.0. The average molecular weight is 333 g/mol. The van der Waals surface area contributed by atoms with Gasteiger partial charge in [-0.1, -0.05) is 29.8 Å². The highest BCUT2D eigenvalue weighted by Gasteiger charge is 2.28. The Labute approximate surface area is 139 Å². The monoisotopic (exact) mass is 332 g/mol. The minimum atomic E-state index is -0.232. The minimum absolute atomic E-state index is 0.115. The lowest BCUT2D eigenvalue weighted by Crippen LogP contribution is -2.42. The van der Waals surface area contributed by atoms with E-state index in [0.29, 0.717) is 36.2 Å². The van der Waals surface area contributed by atoms with E-state index in [2.05, 4.69) is 4.98 Å². The van der Waals surface area contributed by atoms with E-state index in [1.165, 1.54) is 7.11 Å². The lowest BCUT2D eigenvalue weighted by atomic mass is 10.1. The van der Waals surface area contributed by atoms with E-state index in [4.69, 9.17) is 21.1 Å². The highest BCUT2D eigenvalue weighted by Crippen LogP contribution is 2.29. The van der Waals surface area contributed by atoms with Gasteiger partial charge in [-0.15, -0.1) is 0 Å². The third kappa shape index (κ3) is 3.30. The lowest BCUT2D eigenvalue weighted by molar-refractivity contribution is -0.0228. The molecule has 0 spiro atoms. The maximum absolute atomic E-state index is 12.8. The summed E-state index contributed by atoms with van der Waals surface area (Å²) in [7, 11) is 1.50. The van der Waals surface area contributed by atoms with Crippen LogP contribution in [0.2, 0.25) is 5.02 Å². The summed E-state index contributed by atoms with van der Waals surface area (Å²) in [5, 5.41) is 0.644. The van der Waals surface area contributed by atoms with Crippen molar-refractivity contribution >= 4 is 17.5 Å². The van der Waals surface area contributed by atoms with Crippen molar-refractivity contribution in [2.24, 2.45) is 0 Å². The fourth-order valence-electron chi connectivity index (χ4n) is 2.64. The first-order valence-electron chi connectivity index (χ1n) is 7.35. The number of methoxy groups -OCH3 is 1. The number of morpholine rings is 1. The van der Waals surface area contributed by atoms with Gasteiger partial charge in [0.25, 0.3) is 5.91 Å². The molecular weight excluding hydrogens is 316 g/mol. The maximum Gasteiger partial charge on any atom is 0.259 e. The molecule has 6 heteroatoms. The SMILES string of the molecule is COc1ncccc1C(=O)N1CCO[C@@H](c2ccccc2Cl)C1. The van der Waals surface area contributed by atoms with Crippen molar-refractivity contribution in [3.05, 3.63) is 58.7 Å². The number of amides is 1. The Kier molecular flexibility index (Phi) is 4.79. The number of hydrogen-bond donors (Lipinski definition) is 0. The van der Waals surface area contributed by atoms with Crippen LogP contribution in [0.5, 0.6) is 5.88 Å². The number of rotatable bonds is 3. The zero-order valence-corrected chi connectivity index (χ0v) is 13.5. The van der Waals surface area contributed by atoms with Gasteiger partial charge < -0.3 is 14.4 Å². The number of carbonyl (C=O) groups is 1. The Morgan fingerprint density at radius 3 is 2.96 bits per heavy atom. The number of carbonyl (C=O) groups excluding carboxylic acids is 1. The van der Waals surface area contributed by atoms with Crippen molar-refractivity contribution < 1.29 is 14.3 Å². The second-order valence-electron chi connectivity index (χ2n) is 5.19. The summed E-state index contributed by atoms with van der Waals surface area (Å²) in [6.45, 7) is 1.43. The Balaban J connectivity index is 1.81. The standard InChI is InChI=1S/C17H17ClN2O3/c1-22-16-13(6-4-8-19-16)17(21)20-9-10-23-15(11-20)12-5-2-3-7-14(12)18/h2-8,15H,9-11H2,1H3/t15-/m1/s1. The molecule has 2 heterocycles. The number of benzene rings is 1. The molecule has 1 aromatic heterocycles. The summed E-state index contributed by atoms with van der Waals surface area (Å²) in [5.41, 5.74) is 1.35. The van der Waals surface area contributed by atoms with Crippen molar-refractivity contribution in [2.45, 2.75) is 6.10 Å². The zero-order valence-electron chi connectivity index (χ0n) is 12.7. The molecule has 1 atom stereocenters. The second-order valence-corrected chi connectivity index (χ2v) is 5.60. The predicted octanol–water partition coefficient (Wildman–Crippen LogP) is 2.96. The molecule has 0 aliphatic carbocycles. The molecule has 0 unspecified atom stereocenters. The number of pyridine rings is 1. The highest BCUT2D eigenvalue weighted by atomic mass is 35.5. The van der Waals surface area contributed by atoms with E-state index in [0.717, 1.165) is 5.56 Å². The van der Waals surface area contributed by atoms with Crippen LogP contribution in [0.4, 0.5) is 0 Å². The molecule has 1 amide bonds. The van der Waals surface area contributed by atoms with Crippen LogP contribution in [0.25, 0.3) is 0 Å². The molecule has 1 aliphatic heterocycles. The van der Waals surface area contributed by atoms with Gasteiger partial charge >= 0.3 is 0 Å². The number of halogens is 1. The van der Waals surface area contributed by atoms with Crippen LogP contribution in [0.3, 0.4) is 0 Å². The van der Waals surface area contributed by atoms with E-state index in [-0.39, 0.29) is 12.0 Å². The number of nitrogens with zero attached hydrogens (tertiary/aromatic N) is 2. The van der Waals surface area contributed by atoms with Crippen LogP contribution >= 0.6 is 11.6 Å².